The van der Waals surface area contributed by atoms with E-state index in [1.807, 2.05) is 36.4 Å². The van der Waals surface area contributed by atoms with Crippen LogP contribution in [0.25, 0.3) is 0 Å². The van der Waals surface area contributed by atoms with E-state index in [9.17, 15) is 4.79 Å². The lowest BCUT2D eigenvalue weighted by Gasteiger charge is -2.14. The fourth-order valence-electron chi connectivity index (χ4n) is 2.81. The number of hydrogen-bond donors (Lipinski definition) is 2. The standard InChI is InChI=1S/C21H28N2O4.ClH/c1-5-22-14-16-8-6-7-9-17(16)23-20(24)11-10-15-12-18(25-2)21(27-4)19(13-15)26-3;/h6-9,12-13,22H,5,10-11,14H2,1-4H3,(H,23,24);1H. The highest BCUT2D eigenvalue weighted by Gasteiger charge is 2.14. The van der Waals surface area contributed by atoms with E-state index in [0.29, 0.717) is 30.1 Å². The van der Waals surface area contributed by atoms with Crippen molar-refractivity contribution in [3.05, 3.63) is 47.5 Å². The van der Waals surface area contributed by atoms with Crippen molar-refractivity contribution < 1.29 is 19.0 Å². The monoisotopic (exact) mass is 408 g/mol. The van der Waals surface area contributed by atoms with Gasteiger partial charge in [0.25, 0.3) is 0 Å². The summed E-state index contributed by atoms with van der Waals surface area (Å²) in [5.41, 5.74) is 2.86. The molecule has 0 aromatic heterocycles. The van der Waals surface area contributed by atoms with E-state index in [1.165, 1.54) is 0 Å². The van der Waals surface area contributed by atoms with Gasteiger partial charge in [0, 0.05) is 18.7 Å². The van der Waals surface area contributed by atoms with Crippen molar-refractivity contribution in [2.45, 2.75) is 26.3 Å². The summed E-state index contributed by atoms with van der Waals surface area (Å²) in [4.78, 5) is 12.4. The summed E-state index contributed by atoms with van der Waals surface area (Å²) >= 11 is 0. The minimum atomic E-state index is -0.0345. The first-order valence-corrected chi connectivity index (χ1v) is 9.00. The molecule has 154 valence electrons. The van der Waals surface area contributed by atoms with Crippen molar-refractivity contribution in [2.24, 2.45) is 0 Å². The van der Waals surface area contributed by atoms with Crippen molar-refractivity contribution >= 4 is 24.0 Å². The molecular formula is C21H29ClN2O4. The molecule has 0 heterocycles. The predicted molar refractivity (Wildman–Crippen MR) is 114 cm³/mol. The minimum absolute atomic E-state index is 0. The van der Waals surface area contributed by atoms with Gasteiger partial charge in [-0.2, -0.15) is 0 Å². The molecule has 6 nitrogen and oxygen atoms in total. The number of ether oxygens (including phenoxy) is 3. The molecule has 0 spiro atoms. The van der Waals surface area contributed by atoms with Crippen LogP contribution in [0.15, 0.2) is 36.4 Å². The number of carbonyl (C=O) groups excluding carboxylic acids is 1. The lowest BCUT2D eigenvalue weighted by molar-refractivity contribution is -0.116. The summed E-state index contributed by atoms with van der Waals surface area (Å²) in [6.07, 6.45) is 0.923. The fourth-order valence-corrected chi connectivity index (χ4v) is 2.81. The van der Waals surface area contributed by atoms with Gasteiger partial charge >= 0.3 is 0 Å². The molecule has 0 saturated heterocycles. The Kier molecular flexibility index (Phi) is 10.2. The number of halogens is 1. The van der Waals surface area contributed by atoms with Crippen molar-refractivity contribution in [1.82, 2.24) is 5.32 Å². The third kappa shape index (κ3) is 6.32. The summed E-state index contributed by atoms with van der Waals surface area (Å²) in [6.45, 7) is 3.65. The first kappa shape index (κ1) is 23.6. The maximum atomic E-state index is 12.4. The Labute approximate surface area is 173 Å². The van der Waals surface area contributed by atoms with E-state index in [4.69, 9.17) is 14.2 Å². The largest absolute Gasteiger partial charge is 0.493 e. The first-order chi connectivity index (χ1) is 13.1. The number of aryl methyl sites for hydroxylation is 1. The average molecular weight is 409 g/mol. The molecule has 0 aliphatic rings. The molecule has 7 heteroatoms. The topological polar surface area (TPSA) is 68.8 Å². The number of para-hydroxylation sites is 1. The second kappa shape index (κ2) is 12.1. The number of amides is 1. The second-order valence-corrected chi connectivity index (χ2v) is 6.02. The van der Waals surface area contributed by atoms with Gasteiger partial charge < -0.3 is 24.8 Å². The Hall–Kier alpha value is -2.44. The van der Waals surface area contributed by atoms with Gasteiger partial charge in [0.2, 0.25) is 11.7 Å². The van der Waals surface area contributed by atoms with Crippen LogP contribution in [-0.2, 0) is 17.8 Å². The number of nitrogens with one attached hydrogen (secondary N) is 2. The van der Waals surface area contributed by atoms with Crippen molar-refractivity contribution in [3.8, 4) is 17.2 Å². The summed E-state index contributed by atoms with van der Waals surface area (Å²) in [7, 11) is 4.72. The molecule has 0 aliphatic carbocycles. The van der Waals surface area contributed by atoms with Crippen molar-refractivity contribution in [2.75, 3.05) is 33.2 Å². The van der Waals surface area contributed by atoms with Gasteiger partial charge in [0.1, 0.15) is 0 Å². The molecule has 0 radical (unpaired) electrons. The summed E-state index contributed by atoms with van der Waals surface area (Å²) in [6, 6.07) is 11.6. The third-order valence-electron chi connectivity index (χ3n) is 4.22. The van der Waals surface area contributed by atoms with E-state index in [-0.39, 0.29) is 18.3 Å². The first-order valence-electron chi connectivity index (χ1n) is 9.00. The second-order valence-electron chi connectivity index (χ2n) is 6.02. The highest BCUT2D eigenvalue weighted by molar-refractivity contribution is 5.91. The average Bonchev–Trinajstić information content (AvgIpc) is 2.70. The van der Waals surface area contributed by atoms with Gasteiger partial charge in [0.05, 0.1) is 21.3 Å². The molecule has 2 rings (SSSR count). The van der Waals surface area contributed by atoms with Crippen molar-refractivity contribution in [3.63, 3.8) is 0 Å². The van der Waals surface area contributed by atoms with E-state index in [1.54, 1.807) is 21.3 Å². The number of anilines is 1. The normalized spacial score (nSPS) is 10.0. The number of hydrogen-bond acceptors (Lipinski definition) is 5. The number of carbonyl (C=O) groups is 1. The highest BCUT2D eigenvalue weighted by Crippen LogP contribution is 2.38. The molecule has 0 atom stereocenters. The molecule has 2 aromatic rings. The van der Waals surface area contributed by atoms with Crippen LogP contribution in [0.5, 0.6) is 17.2 Å². The van der Waals surface area contributed by atoms with Crippen LogP contribution >= 0.6 is 12.4 Å². The Bertz CT molecular complexity index is 743. The summed E-state index contributed by atoms with van der Waals surface area (Å²) in [5.74, 6) is 1.68. The number of methoxy groups -OCH3 is 3. The lowest BCUT2D eigenvalue weighted by atomic mass is 10.1. The highest BCUT2D eigenvalue weighted by atomic mass is 35.5. The van der Waals surface area contributed by atoms with E-state index < -0.39 is 0 Å². The molecule has 0 unspecified atom stereocenters. The van der Waals surface area contributed by atoms with Gasteiger partial charge in [-0.1, -0.05) is 25.1 Å². The minimum Gasteiger partial charge on any atom is -0.493 e. The summed E-state index contributed by atoms with van der Waals surface area (Å²) in [5, 5.41) is 6.28. The van der Waals surface area contributed by atoms with Gasteiger partial charge in [-0.05, 0) is 42.3 Å². The quantitative estimate of drug-likeness (QED) is 0.625. The van der Waals surface area contributed by atoms with Crippen molar-refractivity contribution in [1.29, 1.82) is 0 Å². The van der Waals surface area contributed by atoms with Gasteiger partial charge in [-0.25, -0.2) is 0 Å². The molecular weight excluding hydrogens is 380 g/mol. The van der Waals surface area contributed by atoms with Gasteiger partial charge in [0.15, 0.2) is 11.5 Å². The van der Waals surface area contributed by atoms with Gasteiger partial charge in [-0.3, -0.25) is 4.79 Å². The Morgan fingerprint density at radius 3 is 2.21 bits per heavy atom. The van der Waals surface area contributed by atoms with Crippen LogP contribution in [0.2, 0.25) is 0 Å². The molecule has 0 aliphatic heterocycles. The van der Waals surface area contributed by atoms with E-state index >= 15 is 0 Å². The lowest BCUT2D eigenvalue weighted by Crippen LogP contribution is -2.17. The fraction of sp³-hybridized carbons (Fsp3) is 0.381. The number of benzene rings is 2. The molecule has 1 amide bonds. The SMILES string of the molecule is CCNCc1ccccc1NC(=O)CCc1cc(OC)c(OC)c(OC)c1.Cl. The Morgan fingerprint density at radius 2 is 1.64 bits per heavy atom. The third-order valence-corrected chi connectivity index (χ3v) is 4.22. The molecule has 0 saturated carbocycles. The zero-order chi connectivity index (χ0) is 19.6. The summed E-state index contributed by atoms with van der Waals surface area (Å²) < 4.78 is 16.1. The maximum absolute atomic E-state index is 12.4. The number of rotatable bonds is 10. The van der Waals surface area contributed by atoms with E-state index in [0.717, 1.165) is 29.9 Å². The Balaban J connectivity index is 0.00000392. The van der Waals surface area contributed by atoms with Crippen LogP contribution in [0.4, 0.5) is 5.69 Å². The van der Waals surface area contributed by atoms with Crippen LogP contribution in [-0.4, -0.2) is 33.8 Å². The zero-order valence-corrected chi connectivity index (χ0v) is 17.7. The van der Waals surface area contributed by atoms with Crippen LogP contribution < -0.4 is 24.8 Å². The smallest absolute Gasteiger partial charge is 0.224 e. The van der Waals surface area contributed by atoms with Crippen LogP contribution in [0.1, 0.15) is 24.5 Å². The maximum Gasteiger partial charge on any atom is 0.224 e. The van der Waals surface area contributed by atoms with Gasteiger partial charge in [-0.15, -0.1) is 12.4 Å². The molecule has 0 fully saturated rings. The molecule has 0 bridgehead atoms. The van der Waals surface area contributed by atoms with Crippen LogP contribution in [0.3, 0.4) is 0 Å². The molecule has 28 heavy (non-hydrogen) atoms. The predicted octanol–water partition coefficient (Wildman–Crippen LogP) is 3.82. The van der Waals surface area contributed by atoms with Crippen LogP contribution in [0, 0.1) is 0 Å². The Morgan fingerprint density at radius 1 is 1.00 bits per heavy atom. The zero-order valence-electron chi connectivity index (χ0n) is 16.8. The molecule has 2 aromatic carbocycles. The molecule has 2 N–H and O–H groups in total. The van der Waals surface area contributed by atoms with E-state index in [2.05, 4.69) is 17.6 Å².